The van der Waals surface area contributed by atoms with Crippen molar-refractivity contribution in [1.82, 2.24) is 0 Å². The van der Waals surface area contributed by atoms with Gasteiger partial charge in [-0.05, 0) is 26.7 Å². The van der Waals surface area contributed by atoms with Crippen molar-refractivity contribution in [3.8, 4) is 11.5 Å². The van der Waals surface area contributed by atoms with E-state index in [0.29, 0.717) is 0 Å². The lowest BCUT2D eigenvalue weighted by Gasteiger charge is -2.47. The summed E-state index contributed by atoms with van der Waals surface area (Å²) >= 11 is 0. The highest BCUT2D eigenvalue weighted by molar-refractivity contribution is 5.78. The first-order chi connectivity index (χ1) is 10.8. The predicted octanol–water partition coefficient (Wildman–Crippen LogP) is 3.23. The van der Waals surface area contributed by atoms with Crippen molar-refractivity contribution >= 4 is 11.4 Å². The maximum absolute atomic E-state index is 6.30. The van der Waals surface area contributed by atoms with Crippen molar-refractivity contribution in [3.05, 3.63) is 12.1 Å². The van der Waals surface area contributed by atoms with Crippen LogP contribution in [0.15, 0.2) is 12.1 Å². The van der Waals surface area contributed by atoms with Gasteiger partial charge in [0, 0.05) is 30.8 Å². The molecule has 0 unspecified atom stereocenters. The summed E-state index contributed by atoms with van der Waals surface area (Å²) in [7, 11) is 3.33. The Kier molecular flexibility index (Phi) is 4.99. The second-order valence-corrected chi connectivity index (χ2v) is 7.18. The number of anilines is 2. The molecule has 0 aliphatic carbocycles. The Morgan fingerprint density at radius 1 is 1.17 bits per heavy atom. The Morgan fingerprint density at radius 2 is 1.74 bits per heavy atom. The summed E-state index contributed by atoms with van der Waals surface area (Å²) < 4.78 is 10.9. The van der Waals surface area contributed by atoms with Gasteiger partial charge in [-0.2, -0.15) is 0 Å². The molecular formula is C18H31N3O2. The molecule has 0 bridgehead atoms. The molecule has 0 spiro atoms. The zero-order valence-corrected chi connectivity index (χ0v) is 15.3. The highest BCUT2D eigenvalue weighted by Gasteiger charge is 2.36. The highest BCUT2D eigenvalue weighted by Crippen LogP contribution is 2.44. The van der Waals surface area contributed by atoms with Gasteiger partial charge in [-0.15, -0.1) is 0 Å². The van der Waals surface area contributed by atoms with Crippen LogP contribution in [0.1, 0.15) is 40.5 Å². The minimum atomic E-state index is -0.269. The van der Waals surface area contributed by atoms with Crippen LogP contribution in [-0.4, -0.2) is 38.4 Å². The lowest BCUT2D eigenvalue weighted by Crippen LogP contribution is -2.56. The zero-order chi connectivity index (χ0) is 17.3. The van der Waals surface area contributed by atoms with Crippen molar-refractivity contribution in [2.75, 3.05) is 37.5 Å². The third-order valence-corrected chi connectivity index (χ3v) is 4.69. The summed E-state index contributed by atoms with van der Waals surface area (Å²) in [6.07, 6.45) is 2.11. The number of hydrogen-bond acceptors (Lipinski definition) is 5. The summed E-state index contributed by atoms with van der Waals surface area (Å²) in [5.74, 6) is 1.49. The van der Waals surface area contributed by atoms with E-state index >= 15 is 0 Å². The largest absolute Gasteiger partial charge is 0.493 e. The number of nitrogens with zero attached hydrogens (tertiary/aromatic N) is 1. The fourth-order valence-electron chi connectivity index (χ4n) is 3.29. The standard InChI is InChI=1S/C18H31N3O2/c1-7-18(8-2)12-21(11-17(3,4)19)14-10-16(23-6)15(22-5)9-13(14)20-18/h9-10,20H,7-8,11-12,19H2,1-6H3. The summed E-state index contributed by atoms with van der Waals surface area (Å²) in [5, 5.41) is 3.73. The van der Waals surface area contributed by atoms with Crippen molar-refractivity contribution in [2.45, 2.75) is 51.6 Å². The lowest BCUT2D eigenvalue weighted by atomic mass is 9.88. The summed E-state index contributed by atoms with van der Waals surface area (Å²) in [6, 6.07) is 4.08. The van der Waals surface area contributed by atoms with E-state index in [0.717, 1.165) is 48.8 Å². The van der Waals surface area contributed by atoms with Gasteiger partial charge in [0.05, 0.1) is 31.1 Å². The van der Waals surface area contributed by atoms with Crippen LogP contribution in [0.5, 0.6) is 11.5 Å². The monoisotopic (exact) mass is 321 g/mol. The molecule has 1 heterocycles. The van der Waals surface area contributed by atoms with Crippen LogP contribution in [-0.2, 0) is 0 Å². The van der Waals surface area contributed by atoms with Crippen LogP contribution in [0, 0.1) is 0 Å². The van der Waals surface area contributed by atoms with Crippen LogP contribution >= 0.6 is 0 Å². The van der Waals surface area contributed by atoms with Crippen molar-refractivity contribution < 1.29 is 9.47 Å². The van der Waals surface area contributed by atoms with E-state index in [4.69, 9.17) is 15.2 Å². The molecule has 23 heavy (non-hydrogen) atoms. The number of rotatable bonds is 6. The first-order valence-electron chi connectivity index (χ1n) is 8.35. The molecule has 1 aliphatic rings. The average molecular weight is 321 g/mol. The molecule has 0 aromatic heterocycles. The highest BCUT2D eigenvalue weighted by atomic mass is 16.5. The molecule has 5 nitrogen and oxygen atoms in total. The van der Waals surface area contributed by atoms with E-state index < -0.39 is 0 Å². The molecule has 2 rings (SSSR count). The fraction of sp³-hybridized carbons (Fsp3) is 0.667. The number of hydrogen-bond donors (Lipinski definition) is 2. The van der Waals surface area contributed by atoms with Gasteiger partial charge in [-0.1, -0.05) is 13.8 Å². The normalized spacial score (nSPS) is 16.6. The Balaban J connectivity index is 2.52. The Hall–Kier alpha value is -1.62. The number of benzene rings is 1. The van der Waals surface area contributed by atoms with Crippen molar-refractivity contribution in [1.29, 1.82) is 0 Å². The molecule has 0 atom stereocenters. The molecule has 0 amide bonds. The van der Waals surface area contributed by atoms with Gasteiger partial charge >= 0.3 is 0 Å². The first-order valence-corrected chi connectivity index (χ1v) is 8.35. The molecule has 0 fully saturated rings. The molecule has 0 saturated heterocycles. The second kappa shape index (κ2) is 6.48. The Morgan fingerprint density at radius 3 is 2.22 bits per heavy atom. The maximum Gasteiger partial charge on any atom is 0.162 e. The maximum atomic E-state index is 6.30. The van der Waals surface area contributed by atoms with Gasteiger partial charge in [0.25, 0.3) is 0 Å². The minimum Gasteiger partial charge on any atom is -0.493 e. The van der Waals surface area contributed by atoms with Gasteiger partial charge in [0.15, 0.2) is 11.5 Å². The minimum absolute atomic E-state index is 0.0534. The van der Waals surface area contributed by atoms with Crippen LogP contribution in [0.2, 0.25) is 0 Å². The number of nitrogens with two attached hydrogens (primary N) is 1. The van der Waals surface area contributed by atoms with Crippen LogP contribution in [0.3, 0.4) is 0 Å². The molecule has 0 radical (unpaired) electrons. The van der Waals surface area contributed by atoms with Crippen LogP contribution in [0.4, 0.5) is 11.4 Å². The van der Waals surface area contributed by atoms with E-state index in [1.165, 1.54) is 0 Å². The van der Waals surface area contributed by atoms with E-state index in [9.17, 15) is 0 Å². The average Bonchev–Trinajstić information content (AvgIpc) is 2.51. The van der Waals surface area contributed by atoms with E-state index in [1.54, 1.807) is 14.2 Å². The van der Waals surface area contributed by atoms with Gasteiger partial charge < -0.3 is 25.4 Å². The van der Waals surface area contributed by atoms with E-state index in [2.05, 4.69) is 37.9 Å². The van der Waals surface area contributed by atoms with Gasteiger partial charge in [0.2, 0.25) is 0 Å². The van der Waals surface area contributed by atoms with Gasteiger partial charge in [-0.3, -0.25) is 0 Å². The molecule has 0 saturated carbocycles. The molecule has 1 aromatic rings. The molecule has 3 N–H and O–H groups in total. The summed E-state index contributed by atoms with van der Waals surface area (Å²) in [4.78, 5) is 2.38. The molecular weight excluding hydrogens is 290 g/mol. The van der Waals surface area contributed by atoms with Crippen molar-refractivity contribution in [2.24, 2.45) is 5.73 Å². The first kappa shape index (κ1) is 17.7. The van der Waals surface area contributed by atoms with Gasteiger partial charge in [0.1, 0.15) is 0 Å². The number of fused-ring (bicyclic) bond motifs is 1. The molecule has 1 aliphatic heterocycles. The third-order valence-electron chi connectivity index (χ3n) is 4.69. The number of ether oxygens (including phenoxy) is 2. The predicted molar refractivity (Wildman–Crippen MR) is 97.0 cm³/mol. The van der Waals surface area contributed by atoms with Crippen LogP contribution < -0.4 is 25.4 Å². The number of nitrogens with one attached hydrogen (secondary N) is 1. The smallest absolute Gasteiger partial charge is 0.162 e. The molecule has 130 valence electrons. The van der Waals surface area contributed by atoms with E-state index in [1.807, 2.05) is 12.1 Å². The fourth-order valence-corrected chi connectivity index (χ4v) is 3.29. The Bertz CT molecular complexity index is 548. The Labute approximate surface area is 140 Å². The van der Waals surface area contributed by atoms with Crippen LogP contribution in [0.25, 0.3) is 0 Å². The summed E-state index contributed by atoms with van der Waals surface area (Å²) in [6.45, 7) is 10.3. The third kappa shape index (κ3) is 3.66. The van der Waals surface area contributed by atoms with E-state index in [-0.39, 0.29) is 11.1 Å². The molecule has 5 heteroatoms. The summed E-state index contributed by atoms with van der Waals surface area (Å²) in [5.41, 5.74) is 8.30. The van der Waals surface area contributed by atoms with Crippen molar-refractivity contribution in [3.63, 3.8) is 0 Å². The molecule has 1 aromatic carbocycles. The number of methoxy groups -OCH3 is 2. The zero-order valence-electron chi connectivity index (χ0n) is 15.3. The SMILES string of the molecule is CCC1(CC)CN(CC(C)(C)N)c2cc(OC)c(OC)cc2N1. The second-order valence-electron chi connectivity index (χ2n) is 7.18. The van der Waals surface area contributed by atoms with Gasteiger partial charge in [-0.25, -0.2) is 0 Å². The lowest BCUT2D eigenvalue weighted by molar-refractivity contribution is 0.353. The quantitative estimate of drug-likeness (QED) is 0.842. The topological polar surface area (TPSA) is 59.8 Å².